The maximum absolute atomic E-state index is 12.7. The number of hydrogen-bond acceptors (Lipinski definition) is 4. The van der Waals surface area contributed by atoms with E-state index in [9.17, 15) is 27.9 Å². The molecule has 10 heteroatoms. The fourth-order valence-corrected chi connectivity index (χ4v) is 3.39. The maximum Gasteiger partial charge on any atom is 0.573 e. The van der Waals surface area contributed by atoms with E-state index < -0.39 is 23.3 Å². The molecule has 1 heterocycles. The van der Waals surface area contributed by atoms with Gasteiger partial charge in [-0.2, -0.15) is 0 Å². The van der Waals surface area contributed by atoms with Crippen LogP contribution < -0.4 is 14.9 Å². The predicted octanol–water partition coefficient (Wildman–Crippen LogP) is 6.24. The number of halogens is 4. The van der Waals surface area contributed by atoms with Crippen molar-refractivity contribution in [2.75, 3.05) is 0 Å². The second-order valence-corrected chi connectivity index (χ2v) is 7.28. The van der Waals surface area contributed by atoms with Gasteiger partial charge in [0.2, 0.25) is 5.43 Å². The van der Waals surface area contributed by atoms with Gasteiger partial charge in [0, 0.05) is 10.4 Å². The van der Waals surface area contributed by atoms with Gasteiger partial charge in [-0.3, -0.25) is 4.79 Å². The Balaban J connectivity index is 1.64. The van der Waals surface area contributed by atoms with Crippen molar-refractivity contribution in [3.8, 4) is 28.5 Å². The van der Waals surface area contributed by atoms with Gasteiger partial charge >= 0.3 is 12.3 Å². The number of fused-ring (bicyclic) bond motifs is 1. The normalized spacial score (nSPS) is 11.4. The minimum Gasteiger partial charge on any atom is -0.477 e. The van der Waals surface area contributed by atoms with E-state index in [-0.39, 0.29) is 22.6 Å². The van der Waals surface area contributed by atoms with Gasteiger partial charge in [-0.25, -0.2) is 4.79 Å². The highest BCUT2D eigenvalue weighted by Crippen LogP contribution is 2.30. The third-order valence-electron chi connectivity index (χ3n) is 4.61. The number of aromatic nitrogens is 1. The number of H-pyrrole nitrogens is 1. The van der Waals surface area contributed by atoms with E-state index in [1.54, 1.807) is 12.1 Å². The van der Waals surface area contributed by atoms with Crippen LogP contribution in [-0.4, -0.2) is 22.4 Å². The molecule has 0 aliphatic heterocycles. The van der Waals surface area contributed by atoms with Crippen molar-refractivity contribution in [2.24, 2.45) is 0 Å². The van der Waals surface area contributed by atoms with Gasteiger partial charge in [-0.15, -0.1) is 13.2 Å². The molecule has 3 aromatic carbocycles. The van der Waals surface area contributed by atoms with Gasteiger partial charge < -0.3 is 19.6 Å². The number of aromatic carboxylic acids is 1. The molecule has 0 fully saturated rings. The molecule has 0 saturated carbocycles. The predicted molar refractivity (Wildman–Crippen MR) is 115 cm³/mol. The minimum atomic E-state index is -4.79. The quantitative estimate of drug-likeness (QED) is 0.357. The van der Waals surface area contributed by atoms with Gasteiger partial charge in [0.25, 0.3) is 0 Å². The Kier molecular flexibility index (Phi) is 5.73. The van der Waals surface area contributed by atoms with Crippen molar-refractivity contribution in [3.05, 3.63) is 87.5 Å². The zero-order valence-corrected chi connectivity index (χ0v) is 17.2. The Bertz CT molecular complexity index is 1400. The maximum atomic E-state index is 12.7. The van der Waals surface area contributed by atoms with Gasteiger partial charge in [-0.1, -0.05) is 11.6 Å². The number of benzene rings is 3. The Morgan fingerprint density at radius 3 is 2.06 bits per heavy atom. The average Bonchev–Trinajstić information content (AvgIpc) is 2.74. The summed E-state index contributed by atoms with van der Waals surface area (Å²) in [6.45, 7) is 0. The Morgan fingerprint density at radius 2 is 1.48 bits per heavy atom. The lowest BCUT2D eigenvalue weighted by Crippen LogP contribution is -2.18. The minimum absolute atomic E-state index is 0.0995. The Labute approximate surface area is 188 Å². The summed E-state index contributed by atoms with van der Waals surface area (Å²) in [6.07, 6.45) is -4.79. The molecule has 0 radical (unpaired) electrons. The largest absolute Gasteiger partial charge is 0.573 e. The SMILES string of the molecule is O=C(O)c1c(-c2ccc(Oc3ccc(OC(F)(F)F)cc3)cc2)[nH]c2cc(Cl)ccc2c1=O. The molecule has 0 aliphatic carbocycles. The number of hydrogen-bond donors (Lipinski definition) is 2. The van der Waals surface area contributed by atoms with Gasteiger partial charge in [0.1, 0.15) is 22.8 Å². The van der Waals surface area contributed by atoms with Crippen molar-refractivity contribution in [3.63, 3.8) is 0 Å². The molecule has 0 aliphatic rings. The zero-order valence-electron chi connectivity index (χ0n) is 16.4. The highest BCUT2D eigenvalue weighted by atomic mass is 35.5. The lowest BCUT2D eigenvalue weighted by Gasteiger charge is -2.11. The molecule has 168 valence electrons. The first-order valence-electron chi connectivity index (χ1n) is 9.34. The second-order valence-electron chi connectivity index (χ2n) is 6.84. The molecule has 0 bridgehead atoms. The zero-order chi connectivity index (χ0) is 23.8. The van der Waals surface area contributed by atoms with Crippen LogP contribution in [0.15, 0.2) is 71.5 Å². The number of ether oxygens (including phenoxy) is 2. The summed E-state index contributed by atoms with van der Waals surface area (Å²) in [5.41, 5.74) is -0.174. The van der Waals surface area contributed by atoms with Crippen LogP contribution in [0.3, 0.4) is 0 Å². The molecule has 4 aromatic rings. The molecule has 6 nitrogen and oxygen atoms in total. The number of carboxylic acids is 1. The van der Waals surface area contributed by atoms with E-state index in [0.29, 0.717) is 21.9 Å². The molecule has 0 saturated heterocycles. The summed E-state index contributed by atoms with van der Waals surface area (Å²) in [4.78, 5) is 27.5. The number of nitrogens with one attached hydrogen (secondary N) is 1. The molecule has 2 N–H and O–H groups in total. The molecule has 4 rings (SSSR count). The van der Waals surface area contributed by atoms with Crippen molar-refractivity contribution < 1.29 is 32.5 Å². The number of carbonyl (C=O) groups is 1. The molecular weight excluding hydrogens is 463 g/mol. The van der Waals surface area contributed by atoms with Crippen LogP contribution in [0.4, 0.5) is 13.2 Å². The average molecular weight is 476 g/mol. The lowest BCUT2D eigenvalue weighted by molar-refractivity contribution is -0.274. The van der Waals surface area contributed by atoms with Crippen molar-refractivity contribution in [1.82, 2.24) is 4.98 Å². The monoisotopic (exact) mass is 475 g/mol. The van der Waals surface area contributed by atoms with E-state index in [0.717, 1.165) is 12.1 Å². The van der Waals surface area contributed by atoms with Crippen molar-refractivity contribution in [2.45, 2.75) is 6.36 Å². The van der Waals surface area contributed by atoms with Crippen LogP contribution in [-0.2, 0) is 0 Å². The number of aromatic amines is 1. The molecule has 0 atom stereocenters. The number of carboxylic acid groups (broad SMARTS) is 1. The van der Waals surface area contributed by atoms with Gasteiger partial charge in [-0.05, 0) is 72.3 Å². The Hall–Kier alpha value is -3.98. The molecule has 0 spiro atoms. The topological polar surface area (TPSA) is 88.6 Å². The number of pyridine rings is 1. The second kappa shape index (κ2) is 8.51. The smallest absolute Gasteiger partial charge is 0.477 e. The van der Waals surface area contributed by atoms with E-state index in [4.69, 9.17) is 16.3 Å². The van der Waals surface area contributed by atoms with Crippen LogP contribution in [0.2, 0.25) is 5.02 Å². The summed E-state index contributed by atoms with van der Waals surface area (Å²) in [7, 11) is 0. The third kappa shape index (κ3) is 4.93. The fraction of sp³-hybridized carbons (Fsp3) is 0.0435. The first-order valence-corrected chi connectivity index (χ1v) is 9.71. The molecular formula is C23H13ClF3NO5. The van der Waals surface area contributed by atoms with Crippen LogP contribution >= 0.6 is 11.6 Å². The van der Waals surface area contributed by atoms with E-state index in [2.05, 4.69) is 9.72 Å². The van der Waals surface area contributed by atoms with E-state index >= 15 is 0 Å². The first-order chi connectivity index (χ1) is 15.6. The van der Waals surface area contributed by atoms with Crippen molar-refractivity contribution >= 4 is 28.5 Å². The highest BCUT2D eigenvalue weighted by molar-refractivity contribution is 6.31. The molecule has 0 amide bonds. The Morgan fingerprint density at radius 1 is 0.909 bits per heavy atom. The highest BCUT2D eigenvalue weighted by Gasteiger charge is 2.31. The van der Waals surface area contributed by atoms with Crippen molar-refractivity contribution in [1.29, 1.82) is 0 Å². The molecule has 0 unspecified atom stereocenters. The lowest BCUT2D eigenvalue weighted by atomic mass is 10.0. The molecule has 33 heavy (non-hydrogen) atoms. The van der Waals surface area contributed by atoms with E-state index in [1.807, 2.05) is 0 Å². The van der Waals surface area contributed by atoms with Crippen LogP contribution in [0.1, 0.15) is 10.4 Å². The van der Waals surface area contributed by atoms with Crippen LogP contribution in [0, 0.1) is 0 Å². The summed E-state index contributed by atoms with van der Waals surface area (Å²) >= 11 is 5.99. The number of alkyl halides is 3. The fourth-order valence-electron chi connectivity index (χ4n) is 3.22. The summed E-state index contributed by atoms with van der Waals surface area (Å²) < 4.78 is 46.2. The molecule has 1 aromatic heterocycles. The van der Waals surface area contributed by atoms with Crippen LogP contribution in [0.5, 0.6) is 17.2 Å². The van der Waals surface area contributed by atoms with Gasteiger partial charge in [0.05, 0.1) is 11.2 Å². The summed E-state index contributed by atoms with van der Waals surface area (Å²) in [5.74, 6) is -1.17. The van der Waals surface area contributed by atoms with Gasteiger partial charge in [0.15, 0.2) is 0 Å². The van der Waals surface area contributed by atoms with Crippen LogP contribution in [0.25, 0.3) is 22.2 Å². The third-order valence-corrected chi connectivity index (χ3v) is 4.85. The summed E-state index contributed by atoms with van der Waals surface area (Å²) in [6, 6.07) is 15.5. The van der Waals surface area contributed by atoms with E-state index in [1.165, 1.54) is 42.5 Å². The standard InChI is InChI=1S/C23H13ClF3NO5/c24-13-3-10-17-18(11-13)28-20(19(21(17)29)22(30)31)12-1-4-14(5-2-12)32-15-6-8-16(9-7-15)33-23(25,26)27/h1-11H,(H,28,29)(H,30,31). The number of rotatable bonds is 5. The first kappa shape index (κ1) is 22.2. The summed E-state index contributed by atoms with van der Waals surface area (Å²) in [5, 5.41) is 10.2.